The number of rotatable bonds is 2. The van der Waals surface area contributed by atoms with E-state index in [-0.39, 0.29) is 17.9 Å². The van der Waals surface area contributed by atoms with Gasteiger partial charge in [0.15, 0.2) is 5.96 Å². The van der Waals surface area contributed by atoms with Crippen molar-refractivity contribution in [1.29, 1.82) is 0 Å². The zero-order valence-corrected chi connectivity index (χ0v) is 14.1. The lowest BCUT2D eigenvalue weighted by Gasteiger charge is -2.26. The molecule has 24 heavy (non-hydrogen) atoms. The Morgan fingerprint density at radius 2 is 2.00 bits per heavy atom. The number of carbonyl (C=O) groups is 1. The van der Waals surface area contributed by atoms with Crippen molar-refractivity contribution in [3.05, 3.63) is 59.5 Å². The summed E-state index contributed by atoms with van der Waals surface area (Å²) in [6, 6.07) is 16.5. The number of thiophene rings is 1. The maximum atomic E-state index is 12.1. The van der Waals surface area contributed by atoms with Gasteiger partial charge < -0.3 is 5.73 Å². The third-order valence-electron chi connectivity index (χ3n) is 4.42. The molecule has 2 heterocycles. The van der Waals surface area contributed by atoms with Crippen LogP contribution in [0.25, 0.3) is 21.2 Å². The minimum atomic E-state index is -0.222. The Bertz CT molecular complexity index is 946. The van der Waals surface area contributed by atoms with Crippen molar-refractivity contribution in [3.8, 4) is 11.1 Å². The van der Waals surface area contributed by atoms with Crippen molar-refractivity contribution < 1.29 is 4.79 Å². The van der Waals surface area contributed by atoms with E-state index in [1.54, 1.807) is 18.4 Å². The number of benzene rings is 2. The van der Waals surface area contributed by atoms with E-state index in [9.17, 15) is 4.79 Å². The molecule has 1 aliphatic heterocycles. The Labute approximate surface area is 144 Å². The predicted octanol–water partition coefficient (Wildman–Crippen LogP) is 3.79. The number of nitrogens with two attached hydrogens (primary N) is 1. The molecular formula is C19H17N3OS. The fourth-order valence-electron chi connectivity index (χ4n) is 3.04. The first-order chi connectivity index (χ1) is 11.6. The zero-order chi connectivity index (χ0) is 16.7. The summed E-state index contributed by atoms with van der Waals surface area (Å²) in [4.78, 5) is 18.1. The topological polar surface area (TPSA) is 58.7 Å². The van der Waals surface area contributed by atoms with Crippen LogP contribution in [0.3, 0.4) is 0 Å². The minimum absolute atomic E-state index is 0.000762. The number of aliphatic imine (C=N–C) groups is 1. The molecule has 5 heteroatoms. The standard InChI is InChI=1S/C19H17N3OS/c1-22-17(23)11-16(21-19(22)20)14-9-13-7-8-24-18(13)15(10-14)12-5-3-2-4-6-12/h2-10,16H,11H2,1H3,(H2,20,21)/t16-/m0/s1. The van der Waals surface area contributed by atoms with Crippen molar-refractivity contribution in [2.24, 2.45) is 10.7 Å². The van der Waals surface area contributed by atoms with E-state index in [0.29, 0.717) is 6.42 Å². The van der Waals surface area contributed by atoms with Gasteiger partial charge in [-0.3, -0.25) is 9.69 Å². The Balaban J connectivity index is 1.87. The van der Waals surface area contributed by atoms with Gasteiger partial charge in [0.2, 0.25) is 5.91 Å². The second-order valence-electron chi connectivity index (χ2n) is 5.93. The van der Waals surface area contributed by atoms with Crippen LogP contribution in [0, 0.1) is 0 Å². The highest BCUT2D eigenvalue weighted by atomic mass is 32.1. The van der Waals surface area contributed by atoms with Gasteiger partial charge in [-0.2, -0.15) is 0 Å². The highest BCUT2D eigenvalue weighted by molar-refractivity contribution is 7.17. The number of fused-ring (bicyclic) bond motifs is 1. The Morgan fingerprint density at radius 1 is 1.21 bits per heavy atom. The normalized spacial score (nSPS) is 18.0. The summed E-state index contributed by atoms with van der Waals surface area (Å²) in [7, 11) is 1.66. The van der Waals surface area contributed by atoms with Crippen LogP contribution in [0.15, 0.2) is 58.9 Å². The summed E-state index contributed by atoms with van der Waals surface area (Å²) >= 11 is 1.73. The molecule has 2 aromatic carbocycles. The first-order valence-corrected chi connectivity index (χ1v) is 8.68. The van der Waals surface area contributed by atoms with Crippen molar-refractivity contribution in [2.45, 2.75) is 12.5 Å². The molecule has 4 nitrogen and oxygen atoms in total. The van der Waals surface area contributed by atoms with Crippen LogP contribution >= 0.6 is 11.3 Å². The SMILES string of the molecule is CN1C(=O)C[C@@H](c2cc(-c3ccccc3)c3sccc3c2)N=C1N. The van der Waals surface area contributed by atoms with Gasteiger partial charge in [0.05, 0.1) is 12.5 Å². The van der Waals surface area contributed by atoms with Crippen molar-refractivity contribution in [2.75, 3.05) is 7.05 Å². The van der Waals surface area contributed by atoms with Crippen LogP contribution in [-0.4, -0.2) is 23.8 Å². The summed E-state index contributed by atoms with van der Waals surface area (Å²) in [6.07, 6.45) is 0.348. The molecule has 0 fully saturated rings. The molecule has 3 aromatic rings. The monoisotopic (exact) mass is 335 g/mol. The summed E-state index contributed by atoms with van der Waals surface area (Å²) in [5, 5.41) is 3.27. The largest absolute Gasteiger partial charge is 0.369 e. The highest BCUT2D eigenvalue weighted by Gasteiger charge is 2.26. The molecule has 0 aliphatic carbocycles. The number of amides is 1. The second kappa shape index (κ2) is 5.76. The van der Waals surface area contributed by atoms with E-state index < -0.39 is 0 Å². The van der Waals surface area contributed by atoms with Gasteiger partial charge in [-0.05, 0) is 45.7 Å². The van der Waals surface area contributed by atoms with Crippen molar-refractivity contribution in [3.63, 3.8) is 0 Å². The molecule has 0 radical (unpaired) electrons. The first-order valence-electron chi connectivity index (χ1n) is 7.80. The lowest BCUT2D eigenvalue weighted by atomic mass is 9.95. The smallest absolute Gasteiger partial charge is 0.231 e. The first kappa shape index (κ1) is 14.9. The van der Waals surface area contributed by atoms with Crippen LogP contribution in [0.4, 0.5) is 0 Å². The maximum absolute atomic E-state index is 12.1. The average Bonchev–Trinajstić information content (AvgIpc) is 3.07. The van der Waals surface area contributed by atoms with E-state index in [1.807, 2.05) is 18.2 Å². The maximum Gasteiger partial charge on any atom is 0.231 e. The zero-order valence-electron chi connectivity index (χ0n) is 13.3. The quantitative estimate of drug-likeness (QED) is 0.774. The van der Waals surface area contributed by atoms with E-state index in [1.165, 1.54) is 26.1 Å². The van der Waals surface area contributed by atoms with Gasteiger partial charge in [0.1, 0.15) is 0 Å². The van der Waals surface area contributed by atoms with Crippen molar-refractivity contribution >= 4 is 33.3 Å². The Hall–Kier alpha value is -2.66. The van der Waals surface area contributed by atoms with E-state index >= 15 is 0 Å². The fraction of sp³-hybridized carbons (Fsp3) is 0.158. The number of hydrogen-bond donors (Lipinski definition) is 1. The Morgan fingerprint density at radius 3 is 2.75 bits per heavy atom. The second-order valence-corrected chi connectivity index (χ2v) is 6.85. The highest BCUT2D eigenvalue weighted by Crippen LogP contribution is 2.37. The summed E-state index contributed by atoms with van der Waals surface area (Å²) in [6.45, 7) is 0. The average molecular weight is 335 g/mol. The van der Waals surface area contributed by atoms with E-state index in [4.69, 9.17) is 5.73 Å². The minimum Gasteiger partial charge on any atom is -0.369 e. The molecule has 1 amide bonds. The van der Waals surface area contributed by atoms with Gasteiger partial charge in [-0.1, -0.05) is 30.3 Å². The molecule has 120 valence electrons. The molecule has 0 spiro atoms. The lowest BCUT2D eigenvalue weighted by Crippen LogP contribution is -2.42. The van der Waals surface area contributed by atoms with Crippen LogP contribution in [-0.2, 0) is 4.79 Å². The van der Waals surface area contributed by atoms with Crippen LogP contribution in [0.2, 0.25) is 0 Å². The number of hydrogen-bond acceptors (Lipinski definition) is 4. The molecule has 1 aromatic heterocycles. The van der Waals surface area contributed by atoms with Crippen molar-refractivity contribution in [1.82, 2.24) is 4.90 Å². The third kappa shape index (κ3) is 2.47. The molecule has 0 bridgehead atoms. The molecule has 4 rings (SSSR count). The van der Waals surface area contributed by atoms with Gasteiger partial charge >= 0.3 is 0 Å². The lowest BCUT2D eigenvalue weighted by molar-refractivity contribution is -0.127. The summed E-state index contributed by atoms with van der Waals surface area (Å²) < 4.78 is 1.25. The number of guanidine groups is 1. The van der Waals surface area contributed by atoms with Crippen LogP contribution in [0.1, 0.15) is 18.0 Å². The number of carbonyl (C=O) groups excluding carboxylic acids is 1. The molecule has 0 saturated heterocycles. The van der Waals surface area contributed by atoms with Gasteiger partial charge in [0.25, 0.3) is 0 Å². The number of nitrogens with zero attached hydrogens (tertiary/aromatic N) is 2. The van der Waals surface area contributed by atoms with Gasteiger partial charge in [0, 0.05) is 11.7 Å². The molecule has 0 unspecified atom stereocenters. The molecular weight excluding hydrogens is 318 g/mol. The molecule has 0 saturated carbocycles. The van der Waals surface area contributed by atoms with Crippen LogP contribution < -0.4 is 5.73 Å². The Kier molecular flexibility index (Phi) is 3.58. The third-order valence-corrected chi connectivity index (χ3v) is 5.38. The van der Waals surface area contributed by atoms with Gasteiger partial charge in [-0.15, -0.1) is 11.3 Å². The molecule has 1 aliphatic rings. The predicted molar refractivity (Wildman–Crippen MR) is 99.0 cm³/mol. The van der Waals surface area contributed by atoms with Crippen LogP contribution in [0.5, 0.6) is 0 Å². The van der Waals surface area contributed by atoms with E-state index in [2.05, 4.69) is 40.7 Å². The van der Waals surface area contributed by atoms with E-state index in [0.717, 1.165) is 5.56 Å². The van der Waals surface area contributed by atoms with Gasteiger partial charge in [-0.25, -0.2) is 4.99 Å². The summed E-state index contributed by atoms with van der Waals surface area (Å²) in [5.41, 5.74) is 9.28. The molecule has 2 N–H and O–H groups in total. The molecule has 1 atom stereocenters. The summed E-state index contributed by atoms with van der Waals surface area (Å²) in [5.74, 6) is 0.280. The fourth-order valence-corrected chi connectivity index (χ4v) is 3.96.